The summed E-state index contributed by atoms with van der Waals surface area (Å²) in [5.41, 5.74) is 2.04. The summed E-state index contributed by atoms with van der Waals surface area (Å²) in [6.45, 7) is 2.34. The van der Waals surface area contributed by atoms with Crippen LogP contribution in [-0.2, 0) is 20.9 Å². The van der Waals surface area contributed by atoms with E-state index in [9.17, 15) is 9.59 Å². The number of likely N-dealkylation sites (N-methyl/N-ethyl adjacent to an activating group) is 1. The predicted molar refractivity (Wildman–Crippen MR) is 143 cm³/mol. The van der Waals surface area contributed by atoms with Gasteiger partial charge in [0.15, 0.2) is 0 Å². The summed E-state index contributed by atoms with van der Waals surface area (Å²) < 4.78 is 11.1. The minimum atomic E-state index is -1.11. The van der Waals surface area contributed by atoms with Gasteiger partial charge in [-0.3, -0.25) is 0 Å². The number of carbonyl (C=O) groups excluding carboxylic acids is 2. The first kappa shape index (κ1) is 25.8. The standard InChI is InChI=1S/C31H40N2O4/c1-33(15-14-32-13-12-31-19-24-16-25(20-31)18-26(17-24)21-31)30(35)37-28(27-10-6-3-7-11-27)29(34)36-22-23-8-4-2-5-9-23/h2-11,24-26,28,32H,12-22H2,1H3. The average molecular weight is 505 g/mol. The quantitative estimate of drug-likeness (QED) is 0.312. The molecule has 4 bridgehead atoms. The van der Waals surface area contributed by atoms with E-state index in [0.29, 0.717) is 24.1 Å². The third-order valence-corrected chi connectivity index (χ3v) is 8.69. The van der Waals surface area contributed by atoms with Crippen molar-refractivity contribution in [1.82, 2.24) is 10.2 Å². The van der Waals surface area contributed by atoms with E-state index in [1.54, 1.807) is 19.2 Å². The van der Waals surface area contributed by atoms with Crippen molar-refractivity contribution in [2.24, 2.45) is 23.2 Å². The van der Waals surface area contributed by atoms with E-state index in [-0.39, 0.29) is 6.61 Å². The number of amides is 1. The van der Waals surface area contributed by atoms with E-state index in [0.717, 1.165) is 29.9 Å². The highest BCUT2D eigenvalue weighted by Gasteiger charge is 2.50. The molecule has 6 rings (SSSR count). The normalized spacial score (nSPS) is 26.5. The molecular weight excluding hydrogens is 464 g/mol. The molecule has 2 aromatic rings. The molecule has 1 atom stereocenters. The van der Waals surface area contributed by atoms with Crippen LogP contribution in [-0.4, -0.2) is 43.6 Å². The molecule has 1 N–H and O–H groups in total. The zero-order chi connectivity index (χ0) is 25.7. The van der Waals surface area contributed by atoms with Crippen LogP contribution in [0.25, 0.3) is 0 Å². The number of ether oxygens (including phenoxy) is 2. The van der Waals surface area contributed by atoms with Crippen molar-refractivity contribution in [1.29, 1.82) is 0 Å². The van der Waals surface area contributed by atoms with Crippen molar-refractivity contribution in [2.45, 2.75) is 57.7 Å². The summed E-state index contributed by atoms with van der Waals surface area (Å²) in [4.78, 5) is 27.3. The smallest absolute Gasteiger partial charge is 0.410 e. The van der Waals surface area contributed by atoms with Gasteiger partial charge in [-0.15, -0.1) is 0 Å². The van der Waals surface area contributed by atoms with Crippen molar-refractivity contribution in [3.8, 4) is 0 Å². The molecule has 4 aliphatic carbocycles. The number of benzene rings is 2. The van der Waals surface area contributed by atoms with Gasteiger partial charge in [0.2, 0.25) is 6.10 Å². The van der Waals surface area contributed by atoms with Gasteiger partial charge in [0.05, 0.1) is 0 Å². The highest BCUT2D eigenvalue weighted by Crippen LogP contribution is 2.61. The summed E-state index contributed by atoms with van der Waals surface area (Å²) in [6, 6.07) is 18.5. The fraction of sp³-hybridized carbons (Fsp3) is 0.548. The molecule has 4 fully saturated rings. The number of nitrogens with one attached hydrogen (secondary N) is 1. The van der Waals surface area contributed by atoms with Gasteiger partial charge in [-0.25, -0.2) is 9.59 Å². The first-order chi connectivity index (χ1) is 18.0. The molecule has 37 heavy (non-hydrogen) atoms. The summed E-state index contributed by atoms with van der Waals surface area (Å²) >= 11 is 0. The average Bonchev–Trinajstić information content (AvgIpc) is 2.90. The van der Waals surface area contributed by atoms with E-state index < -0.39 is 18.2 Å². The third kappa shape index (κ3) is 6.53. The first-order valence-corrected chi connectivity index (χ1v) is 13.9. The van der Waals surface area contributed by atoms with Gasteiger partial charge in [0.25, 0.3) is 0 Å². The van der Waals surface area contributed by atoms with Gasteiger partial charge < -0.3 is 19.7 Å². The fourth-order valence-corrected chi connectivity index (χ4v) is 7.29. The summed E-state index contributed by atoms with van der Waals surface area (Å²) in [5, 5.41) is 3.55. The largest absolute Gasteiger partial charge is 0.458 e. The van der Waals surface area contributed by atoms with Gasteiger partial charge in [-0.05, 0) is 80.2 Å². The van der Waals surface area contributed by atoms with Gasteiger partial charge in [-0.2, -0.15) is 0 Å². The number of nitrogens with zero attached hydrogens (tertiary/aromatic N) is 1. The maximum atomic E-state index is 12.9. The van der Waals surface area contributed by atoms with Crippen LogP contribution in [0.3, 0.4) is 0 Å². The molecule has 4 saturated carbocycles. The molecule has 6 nitrogen and oxygen atoms in total. The lowest BCUT2D eigenvalue weighted by Gasteiger charge is -2.57. The number of hydrogen-bond donors (Lipinski definition) is 1. The molecule has 1 amide bonds. The first-order valence-electron chi connectivity index (χ1n) is 13.9. The number of esters is 1. The van der Waals surface area contributed by atoms with Crippen molar-refractivity contribution in [3.63, 3.8) is 0 Å². The van der Waals surface area contributed by atoms with Crippen LogP contribution in [0.4, 0.5) is 4.79 Å². The van der Waals surface area contributed by atoms with Crippen LogP contribution in [0, 0.1) is 23.2 Å². The highest BCUT2D eigenvalue weighted by atomic mass is 16.6. The molecule has 0 aliphatic heterocycles. The number of rotatable bonds is 11. The minimum absolute atomic E-state index is 0.129. The van der Waals surface area contributed by atoms with Crippen LogP contribution in [0.15, 0.2) is 60.7 Å². The zero-order valence-corrected chi connectivity index (χ0v) is 21.9. The molecule has 0 saturated heterocycles. The molecule has 1 unspecified atom stereocenters. The Kier molecular flexibility index (Phi) is 8.14. The molecule has 2 aromatic carbocycles. The lowest BCUT2D eigenvalue weighted by atomic mass is 9.49. The Bertz CT molecular complexity index is 1010. The third-order valence-electron chi connectivity index (χ3n) is 8.69. The Morgan fingerprint density at radius 1 is 0.919 bits per heavy atom. The van der Waals surface area contributed by atoms with Gasteiger partial charge in [0.1, 0.15) is 6.61 Å². The molecule has 6 heteroatoms. The Balaban J connectivity index is 1.08. The summed E-state index contributed by atoms with van der Waals surface area (Å²) in [5.74, 6) is 2.35. The molecule has 198 valence electrons. The number of carbonyl (C=O) groups is 2. The highest BCUT2D eigenvalue weighted by molar-refractivity contribution is 5.80. The van der Waals surface area contributed by atoms with Gasteiger partial charge >= 0.3 is 12.1 Å². The Morgan fingerprint density at radius 3 is 2.14 bits per heavy atom. The van der Waals surface area contributed by atoms with Gasteiger partial charge in [-0.1, -0.05) is 60.7 Å². The second-order valence-corrected chi connectivity index (χ2v) is 11.6. The van der Waals surface area contributed by atoms with Crippen LogP contribution in [0.5, 0.6) is 0 Å². The second-order valence-electron chi connectivity index (χ2n) is 11.6. The lowest BCUT2D eigenvalue weighted by Crippen LogP contribution is -2.47. The summed E-state index contributed by atoms with van der Waals surface area (Å²) in [7, 11) is 1.71. The van der Waals surface area contributed by atoms with E-state index >= 15 is 0 Å². The second kappa shape index (κ2) is 11.7. The van der Waals surface area contributed by atoms with E-state index in [2.05, 4.69) is 5.32 Å². The van der Waals surface area contributed by atoms with Crippen molar-refractivity contribution < 1.29 is 19.1 Å². The molecular formula is C31H40N2O4. The molecule has 4 aliphatic rings. The zero-order valence-electron chi connectivity index (χ0n) is 21.9. The van der Waals surface area contributed by atoms with Crippen molar-refractivity contribution in [2.75, 3.05) is 26.7 Å². The van der Waals surface area contributed by atoms with Crippen molar-refractivity contribution >= 4 is 12.1 Å². The Hall–Kier alpha value is -2.86. The topological polar surface area (TPSA) is 67.9 Å². The van der Waals surface area contributed by atoms with E-state index in [1.165, 1.54) is 49.8 Å². The molecule has 0 spiro atoms. The van der Waals surface area contributed by atoms with Gasteiger partial charge in [0, 0.05) is 25.7 Å². The lowest BCUT2D eigenvalue weighted by molar-refractivity contribution is -0.156. The van der Waals surface area contributed by atoms with Crippen molar-refractivity contribution in [3.05, 3.63) is 71.8 Å². The van der Waals surface area contributed by atoms with Crippen LogP contribution in [0.1, 0.15) is 62.2 Å². The van der Waals surface area contributed by atoms with Crippen LogP contribution in [0.2, 0.25) is 0 Å². The van der Waals surface area contributed by atoms with Crippen LogP contribution < -0.4 is 5.32 Å². The van der Waals surface area contributed by atoms with E-state index in [1.807, 2.05) is 48.5 Å². The Labute approximate surface area is 220 Å². The maximum absolute atomic E-state index is 12.9. The fourth-order valence-electron chi connectivity index (χ4n) is 7.29. The van der Waals surface area contributed by atoms with Crippen LogP contribution >= 0.6 is 0 Å². The van der Waals surface area contributed by atoms with E-state index in [4.69, 9.17) is 9.47 Å². The number of hydrogen-bond acceptors (Lipinski definition) is 5. The molecule has 0 radical (unpaired) electrons. The summed E-state index contributed by atoms with van der Waals surface area (Å²) in [6.07, 6.45) is 8.30. The predicted octanol–water partition coefficient (Wildman–Crippen LogP) is 5.74. The SMILES string of the molecule is CN(CCNCCC12CC3CC(CC(C3)C1)C2)C(=O)OC(C(=O)OCc1ccccc1)c1ccccc1. The Morgan fingerprint density at radius 2 is 1.51 bits per heavy atom. The maximum Gasteiger partial charge on any atom is 0.410 e. The monoisotopic (exact) mass is 504 g/mol. The molecule has 0 aromatic heterocycles. The molecule has 0 heterocycles. The minimum Gasteiger partial charge on any atom is -0.458 e.